The van der Waals surface area contributed by atoms with Crippen LogP contribution in [0.15, 0.2) is 18.2 Å². The molecule has 0 fully saturated rings. The van der Waals surface area contributed by atoms with E-state index in [9.17, 15) is 4.79 Å². The molecule has 0 atom stereocenters. The van der Waals surface area contributed by atoms with Gasteiger partial charge in [0.15, 0.2) is 11.5 Å². The van der Waals surface area contributed by atoms with E-state index >= 15 is 0 Å². The lowest BCUT2D eigenvalue weighted by Crippen LogP contribution is -2.32. The fraction of sp³-hybridized carbons (Fsp3) is 0.588. The molecule has 0 bridgehead atoms. The molecule has 0 unspecified atom stereocenters. The van der Waals surface area contributed by atoms with Gasteiger partial charge in [0.2, 0.25) is 0 Å². The van der Waals surface area contributed by atoms with Crippen LogP contribution in [0.5, 0.6) is 11.5 Å². The summed E-state index contributed by atoms with van der Waals surface area (Å²) < 4.78 is 11.1. The lowest BCUT2D eigenvalue weighted by atomic mass is 10.1. The third kappa shape index (κ3) is 5.56. The molecule has 124 valence electrons. The number of amides is 1. The molecule has 0 aromatic heterocycles. The number of methoxy groups -OCH3 is 1. The molecule has 0 saturated heterocycles. The highest BCUT2D eigenvalue weighted by atomic mass is 16.5. The maximum Gasteiger partial charge on any atom is 0.253 e. The lowest BCUT2D eigenvalue weighted by Gasteiger charge is -2.18. The first-order valence-electron chi connectivity index (χ1n) is 7.70. The van der Waals surface area contributed by atoms with Crippen molar-refractivity contribution in [2.24, 2.45) is 5.92 Å². The largest absolute Gasteiger partial charge is 0.493 e. The van der Waals surface area contributed by atoms with E-state index < -0.39 is 0 Å². The molecule has 0 aliphatic carbocycles. The Morgan fingerprint density at radius 3 is 2.64 bits per heavy atom. The monoisotopic (exact) mass is 308 g/mol. The number of nitrogens with zero attached hydrogens (tertiary/aromatic N) is 1. The van der Waals surface area contributed by atoms with Crippen molar-refractivity contribution in [2.45, 2.75) is 20.3 Å². The predicted octanol–water partition coefficient (Wildman–Crippen LogP) is 2.41. The van der Waals surface area contributed by atoms with E-state index in [4.69, 9.17) is 9.47 Å². The summed E-state index contributed by atoms with van der Waals surface area (Å²) in [6, 6.07) is 5.33. The molecule has 0 heterocycles. The number of carbonyl (C=O) groups excluding carboxylic acids is 1. The van der Waals surface area contributed by atoms with Crippen molar-refractivity contribution in [3.63, 3.8) is 0 Å². The number of likely N-dealkylation sites (N-methyl/N-ethyl adjacent to an activating group) is 2. The van der Waals surface area contributed by atoms with Gasteiger partial charge in [-0.15, -0.1) is 0 Å². The van der Waals surface area contributed by atoms with Gasteiger partial charge in [-0.05, 0) is 37.6 Å². The van der Waals surface area contributed by atoms with Gasteiger partial charge < -0.3 is 19.7 Å². The van der Waals surface area contributed by atoms with Crippen LogP contribution < -0.4 is 14.8 Å². The van der Waals surface area contributed by atoms with Crippen LogP contribution in [0.3, 0.4) is 0 Å². The summed E-state index contributed by atoms with van der Waals surface area (Å²) >= 11 is 0. The number of nitrogens with one attached hydrogen (secondary N) is 1. The van der Waals surface area contributed by atoms with Crippen molar-refractivity contribution >= 4 is 5.91 Å². The predicted molar refractivity (Wildman–Crippen MR) is 88.8 cm³/mol. The van der Waals surface area contributed by atoms with Gasteiger partial charge in [-0.3, -0.25) is 4.79 Å². The summed E-state index contributed by atoms with van der Waals surface area (Å²) in [7, 11) is 5.24. The van der Waals surface area contributed by atoms with Gasteiger partial charge >= 0.3 is 0 Å². The van der Waals surface area contributed by atoms with E-state index in [2.05, 4.69) is 19.2 Å². The highest BCUT2D eigenvalue weighted by Crippen LogP contribution is 2.28. The van der Waals surface area contributed by atoms with E-state index in [1.54, 1.807) is 37.3 Å². The second kappa shape index (κ2) is 9.30. The second-order valence-electron chi connectivity index (χ2n) is 5.73. The number of rotatable bonds is 9. The van der Waals surface area contributed by atoms with Crippen LogP contribution in [0.1, 0.15) is 30.6 Å². The third-order valence-corrected chi connectivity index (χ3v) is 3.41. The number of benzene rings is 1. The molecule has 0 saturated carbocycles. The van der Waals surface area contributed by atoms with Gasteiger partial charge in [0.05, 0.1) is 13.7 Å². The number of ether oxygens (including phenoxy) is 2. The average molecular weight is 308 g/mol. The SMILES string of the molecule is CNCCN(C)C(=O)c1ccc(OCCC(C)C)c(OC)c1. The Morgan fingerprint density at radius 2 is 2.05 bits per heavy atom. The second-order valence-corrected chi connectivity index (χ2v) is 5.73. The highest BCUT2D eigenvalue weighted by molar-refractivity contribution is 5.94. The first kappa shape index (κ1) is 18.3. The van der Waals surface area contributed by atoms with E-state index in [0.29, 0.717) is 36.1 Å². The number of hydrogen-bond donors (Lipinski definition) is 1. The van der Waals surface area contributed by atoms with Gasteiger partial charge in [-0.1, -0.05) is 13.8 Å². The van der Waals surface area contributed by atoms with E-state index in [1.807, 2.05) is 7.05 Å². The zero-order valence-electron chi connectivity index (χ0n) is 14.3. The van der Waals surface area contributed by atoms with E-state index in [0.717, 1.165) is 13.0 Å². The average Bonchev–Trinajstić information content (AvgIpc) is 2.51. The van der Waals surface area contributed by atoms with Crippen LogP contribution in [0, 0.1) is 5.92 Å². The molecule has 1 N–H and O–H groups in total. The standard InChI is InChI=1S/C17H28N2O3/c1-13(2)8-11-22-15-7-6-14(12-16(15)21-5)17(20)19(4)10-9-18-3/h6-7,12-13,18H,8-11H2,1-5H3. The smallest absolute Gasteiger partial charge is 0.253 e. The van der Waals surface area contributed by atoms with Gasteiger partial charge in [-0.25, -0.2) is 0 Å². The zero-order valence-corrected chi connectivity index (χ0v) is 14.3. The van der Waals surface area contributed by atoms with Crippen molar-refractivity contribution in [2.75, 3.05) is 40.9 Å². The molecule has 0 aliphatic heterocycles. The molecule has 5 nitrogen and oxygen atoms in total. The molecule has 1 aromatic carbocycles. The highest BCUT2D eigenvalue weighted by Gasteiger charge is 2.14. The zero-order chi connectivity index (χ0) is 16.5. The Kier molecular flexibility index (Phi) is 7.74. The molecule has 0 radical (unpaired) electrons. The molecule has 0 spiro atoms. The van der Waals surface area contributed by atoms with E-state index in [-0.39, 0.29) is 5.91 Å². The van der Waals surface area contributed by atoms with Gasteiger partial charge in [-0.2, -0.15) is 0 Å². The normalized spacial score (nSPS) is 10.6. The van der Waals surface area contributed by atoms with Crippen molar-refractivity contribution < 1.29 is 14.3 Å². The number of carbonyl (C=O) groups is 1. The van der Waals surface area contributed by atoms with Gasteiger partial charge in [0.1, 0.15) is 0 Å². The Labute approximate surface area is 133 Å². The summed E-state index contributed by atoms with van der Waals surface area (Å²) in [6.45, 7) is 6.37. The summed E-state index contributed by atoms with van der Waals surface area (Å²) in [5.41, 5.74) is 0.603. The first-order chi connectivity index (χ1) is 10.5. The molecule has 22 heavy (non-hydrogen) atoms. The van der Waals surface area contributed by atoms with Crippen LogP contribution in [0.2, 0.25) is 0 Å². The summed E-state index contributed by atoms with van der Waals surface area (Å²) in [6.07, 6.45) is 0.983. The fourth-order valence-corrected chi connectivity index (χ4v) is 1.93. The quantitative estimate of drug-likeness (QED) is 0.761. The molecule has 0 aliphatic rings. The summed E-state index contributed by atoms with van der Waals surface area (Å²) in [5, 5.41) is 3.03. The Morgan fingerprint density at radius 1 is 1.32 bits per heavy atom. The van der Waals surface area contributed by atoms with Crippen molar-refractivity contribution in [3.05, 3.63) is 23.8 Å². The van der Waals surface area contributed by atoms with Crippen molar-refractivity contribution in [1.82, 2.24) is 10.2 Å². The Bertz CT molecular complexity index is 475. The first-order valence-corrected chi connectivity index (χ1v) is 7.70. The minimum absolute atomic E-state index is 0.0257. The fourth-order valence-electron chi connectivity index (χ4n) is 1.93. The molecular weight excluding hydrogens is 280 g/mol. The molecular formula is C17H28N2O3. The molecule has 1 aromatic rings. The van der Waals surface area contributed by atoms with Crippen LogP contribution in [-0.2, 0) is 0 Å². The molecule has 1 rings (SSSR count). The minimum atomic E-state index is -0.0257. The topological polar surface area (TPSA) is 50.8 Å². The maximum atomic E-state index is 12.3. The summed E-state index contributed by atoms with van der Waals surface area (Å²) in [5.74, 6) is 1.84. The van der Waals surface area contributed by atoms with E-state index in [1.165, 1.54) is 0 Å². The van der Waals surface area contributed by atoms with Crippen LogP contribution in [0.25, 0.3) is 0 Å². The summed E-state index contributed by atoms with van der Waals surface area (Å²) in [4.78, 5) is 14.0. The van der Waals surface area contributed by atoms with Crippen LogP contribution in [-0.4, -0.2) is 51.7 Å². The molecule has 1 amide bonds. The Balaban J connectivity index is 2.76. The number of hydrogen-bond acceptors (Lipinski definition) is 4. The van der Waals surface area contributed by atoms with Crippen molar-refractivity contribution in [3.8, 4) is 11.5 Å². The van der Waals surface area contributed by atoms with Crippen molar-refractivity contribution in [1.29, 1.82) is 0 Å². The minimum Gasteiger partial charge on any atom is -0.493 e. The van der Waals surface area contributed by atoms with Crippen LogP contribution in [0.4, 0.5) is 0 Å². The Hall–Kier alpha value is -1.75. The third-order valence-electron chi connectivity index (χ3n) is 3.41. The van der Waals surface area contributed by atoms with Gasteiger partial charge in [0.25, 0.3) is 5.91 Å². The maximum absolute atomic E-state index is 12.3. The lowest BCUT2D eigenvalue weighted by molar-refractivity contribution is 0.0796. The molecule has 5 heteroatoms. The van der Waals surface area contributed by atoms with Gasteiger partial charge in [0, 0.05) is 25.7 Å². The van der Waals surface area contributed by atoms with Crippen LogP contribution >= 0.6 is 0 Å².